The molecule has 3 atom stereocenters. The molecule has 2 nitrogen and oxygen atoms in total. The number of likely N-dealkylation sites (tertiary alicyclic amines) is 1. The van der Waals surface area contributed by atoms with Crippen molar-refractivity contribution >= 4 is 0 Å². The maximum atomic E-state index is 10.6. The highest BCUT2D eigenvalue weighted by atomic mass is 16.3. The smallest absolute Gasteiger partial charge is 0.0942 e. The third-order valence-corrected chi connectivity index (χ3v) is 4.96. The molecule has 1 heterocycles. The van der Waals surface area contributed by atoms with E-state index in [0.717, 1.165) is 36.9 Å². The largest absolute Gasteiger partial charge is 0.387 e. The summed E-state index contributed by atoms with van der Waals surface area (Å²) in [4.78, 5) is 2.45. The lowest BCUT2D eigenvalue weighted by Crippen LogP contribution is -2.36. The van der Waals surface area contributed by atoms with Crippen LogP contribution < -0.4 is 0 Å². The first-order chi connectivity index (χ1) is 9.52. The van der Waals surface area contributed by atoms with Crippen LogP contribution in [0.25, 0.3) is 0 Å². The molecule has 2 heteroatoms. The minimum atomic E-state index is -0.383. The van der Waals surface area contributed by atoms with E-state index in [-0.39, 0.29) is 12.1 Å². The molecular weight excluding hydrogens is 246 g/mol. The molecule has 0 aromatic heterocycles. The molecule has 112 valence electrons. The van der Waals surface area contributed by atoms with Gasteiger partial charge in [-0.3, -0.25) is 4.90 Å². The minimum Gasteiger partial charge on any atom is -0.387 e. The van der Waals surface area contributed by atoms with Crippen LogP contribution in [0.2, 0.25) is 0 Å². The van der Waals surface area contributed by atoms with E-state index in [1.54, 1.807) is 0 Å². The maximum absolute atomic E-state index is 10.6. The van der Waals surface area contributed by atoms with Gasteiger partial charge in [-0.05, 0) is 49.3 Å². The Labute approximate surface area is 123 Å². The van der Waals surface area contributed by atoms with E-state index in [1.165, 1.54) is 12.0 Å². The topological polar surface area (TPSA) is 23.5 Å². The van der Waals surface area contributed by atoms with Crippen molar-refractivity contribution < 1.29 is 5.11 Å². The number of aryl methyl sites for hydroxylation is 1. The molecule has 1 aromatic rings. The molecule has 1 aromatic carbocycles. The number of rotatable bonds is 5. The summed E-state index contributed by atoms with van der Waals surface area (Å²) < 4.78 is 0. The molecule has 1 saturated heterocycles. The number of aliphatic hydroxyl groups excluding tert-OH is 1. The highest BCUT2D eigenvalue weighted by molar-refractivity contribution is 5.25. The van der Waals surface area contributed by atoms with Crippen molar-refractivity contribution in [1.29, 1.82) is 0 Å². The number of aliphatic hydroxyl groups is 1. The quantitative estimate of drug-likeness (QED) is 0.886. The van der Waals surface area contributed by atoms with E-state index >= 15 is 0 Å². The highest BCUT2D eigenvalue weighted by Gasteiger charge is 2.31. The van der Waals surface area contributed by atoms with Gasteiger partial charge >= 0.3 is 0 Å². The van der Waals surface area contributed by atoms with Crippen molar-refractivity contribution in [2.24, 2.45) is 11.8 Å². The van der Waals surface area contributed by atoms with E-state index in [1.807, 2.05) is 0 Å². The Kier molecular flexibility index (Phi) is 5.22. The van der Waals surface area contributed by atoms with Crippen LogP contribution in [0.1, 0.15) is 51.3 Å². The van der Waals surface area contributed by atoms with Gasteiger partial charge in [0.2, 0.25) is 0 Å². The Hall–Kier alpha value is -0.860. The summed E-state index contributed by atoms with van der Waals surface area (Å²) in [5.74, 6) is 1.53. The van der Waals surface area contributed by atoms with E-state index < -0.39 is 0 Å². The summed E-state index contributed by atoms with van der Waals surface area (Å²) >= 11 is 0. The molecule has 1 aliphatic heterocycles. The van der Waals surface area contributed by atoms with E-state index in [9.17, 15) is 5.11 Å². The fourth-order valence-corrected chi connectivity index (χ4v) is 3.16. The van der Waals surface area contributed by atoms with Gasteiger partial charge in [-0.25, -0.2) is 0 Å². The second kappa shape index (κ2) is 6.73. The van der Waals surface area contributed by atoms with Gasteiger partial charge < -0.3 is 5.11 Å². The predicted molar refractivity (Wildman–Crippen MR) is 84.8 cm³/mol. The summed E-state index contributed by atoms with van der Waals surface area (Å²) in [6.07, 6.45) is 1.93. The monoisotopic (exact) mass is 275 g/mol. The molecule has 0 aliphatic carbocycles. The van der Waals surface area contributed by atoms with E-state index in [0.29, 0.717) is 0 Å². The third-order valence-electron chi connectivity index (χ3n) is 4.96. The van der Waals surface area contributed by atoms with Crippen molar-refractivity contribution in [2.75, 3.05) is 13.1 Å². The Balaban J connectivity index is 1.99. The average molecular weight is 275 g/mol. The number of hydrogen-bond donors (Lipinski definition) is 1. The number of nitrogens with zero attached hydrogens (tertiary/aromatic N) is 1. The van der Waals surface area contributed by atoms with Crippen molar-refractivity contribution in [1.82, 2.24) is 4.90 Å². The van der Waals surface area contributed by atoms with Crippen molar-refractivity contribution in [2.45, 2.75) is 52.7 Å². The summed E-state index contributed by atoms with van der Waals surface area (Å²) in [5, 5.41) is 10.6. The lowest BCUT2D eigenvalue weighted by molar-refractivity contribution is 0.0682. The molecule has 20 heavy (non-hydrogen) atoms. The molecule has 2 rings (SSSR count). The lowest BCUT2D eigenvalue weighted by Gasteiger charge is -2.29. The fraction of sp³-hybridized carbons (Fsp3) is 0.667. The standard InChI is InChI=1S/C18H29NO/c1-5-15-6-8-16(9-7-15)18(20)14(4)19-11-10-17(12-19)13(2)3/h6-9,13-14,17-18,20H,5,10-12H2,1-4H3. The first-order valence-corrected chi connectivity index (χ1v) is 8.03. The van der Waals surface area contributed by atoms with Gasteiger partial charge in [0, 0.05) is 12.6 Å². The first kappa shape index (κ1) is 15.5. The van der Waals surface area contributed by atoms with E-state index in [2.05, 4.69) is 56.9 Å². The second-order valence-electron chi connectivity index (χ2n) is 6.57. The molecular formula is C18H29NO. The Morgan fingerprint density at radius 2 is 1.85 bits per heavy atom. The molecule has 1 N–H and O–H groups in total. The zero-order chi connectivity index (χ0) is 14.7. The first-order valence-electron chi connectivity index (χ1n) is 8.03. The zero-order valence-corrected chi connectivity index (χ0v) is 13.3. The minimum absolute atomic E-state index is 0.200. The summed E-state index contributed by atoms with van der Waals surface area (Å²) in [5.41, 5.74) is 2.37. The van der Waals surface area contributed by atoms with Crippen LogP contribution >= 0.6 is 0 Å². The molecule has 0 saturated carbocycles. The van der Waals surface area contributed by atoms with Crippen LogP contribution in [0.3, 0.4) is 0 Å². The summed E-state index contributed by atoms with van der Waals surface area (Å²) in [7, 11) is 0. The van der Waals surface area contributed by atoms with Crippen LogP contribution in [-0.2, 0) is 6.42 Å². The van der Waals surface area contributed by atoms with Gasteiger partial charge in [0.05, 0.1) is 6.10 Å². The molecule has 0 spiro atoms. The van der Waals surface area contributed by atoms with Crippen molar-refractivity contribution in [3.05, 3.63) is 35.4 Å². The van der Waals surface area contributed by atoms with Gasteiger partial charge in [-0.2, -0.15) is 0 Å². The molecule has 0 bridgehead atoms. The Bertz CT molecular complexity index is 412. The van der Waals surface area contributed by atoms with Crippen LogP contribution in [-0.4, -0.2) is 29.1 Å². The van der Waals surface area contributed by atoms with Crippen LogP contribution in [0, 0.1) is 11.8 Å². The molecule has 3 unspecified atom stereocenters. The van der Waals surface area contributed by atoms with Gasteiger partial charge in [0.1, 0.15) is 0 Å². The van der Waals surface area contributed by atoms with Crippen LogP contribution in [0.15, 0.2) is 24.3 Å². The Morgan fingerprint density at radius 1 is 1.20 bits per heavy atom. The number of benzene rings is 1. The normalized spacial score (nSPS) is 23.2. The average Bonchev–Trinajstić information content (AvgIpc) is 2.96. The predicted octanol–water partition coefficient (Wildman–Crippen LogP) is 3.65. The molecule has 1 fully saturated rings. The van der Waals surface area contributed by atoms with Crippen LogP contribution in [0.5, 0.6) is 0 Å². The van der Waals surface area contributed by atoms with Crippen molar-refractivity contribution in [3.63, 3.8) is 0 Å². The van der Waals surface area contributed by atoms with Gasteiger partial charge in [-0.1, -0.05) is 45.0 Å². The molecule has 0 radical (unpaired) electrons. The highest BCUT2D eigenvalue weighted by Crippen LogP contribution is 2.29. The lowest BCUT2D eigenvalue weighted by atomic mass is 9.95. The third kappa shape index (κ3) is 3.42. The zero-order valence-electron chi connectivity index (χ0n) is 13.3. The van der Waals surface area contributed by atoms with Crippen molar-refractivity contribution in [3.8, 4) is 0 Å². The van der Waals surface area contributed by atoms with E-state index in [4.69, 9.17) is 0 Å². The van der Waals surface area contributed by atoms with Gasteiger partial charge in [-0.15, -0.1) is 0 Å². The maximum Gasteiger partial charge on any atom is 0.0942 e. The summed E-state index contributed by atoms with van der Waals surface area (Å²) in [6, 6.07) is 8.62. The van der Waals surface area contributed by atoms with Gasteiger partial charge in [0.15, 0.2) is 0 Å². The van der Waals surface area contributed by atoms with Gasteiger partial charge in [0.25, 0.3) is 0 Å². The summed E-state index contributed by atoms with van der Waals surface area (Å²) in [6.45, 7) is 11.2. The second-order valence-corrected chi connectivity index (χ2v) is 6.57. The molecule has 1 aliphatic rings. The Morgan fingerprint density at radius 3 is 2.35 bits per heavy atom. The SMILES string of the molecule is CCc1ccc(C(O)C(C)N2CCC(C(C)C)C2)cc1. The molecule has 0 amide bonds. The fourth-order valence-electron chi connectivity index (χ4n) is 3.16. The van der Waals surface area contributed by atoms with Crippen LogP contribution in [0.4, 0.5) is 0 Å². The number of hydrogen-bond acceptors (Lipinski definition) is 2.